The first-order valence-electron chi connectivity index (χ1n) is 6.11. The summed E-state index contributed by atoms with van der Waals surface area (Å²) in [4.78, 5) is 15.6. The molecule has 1 fully saturated rings. The second kappa shape index (κ2) is 4.57. The zero-order valence-electron chi connectivity index (χ0n) is 10.1. The Morgan fingerprint density at radius 1 is 1.44 bits per heavy atom. The summed E-state index contributed by atoms with van der Waals surface area (Å²) in [5.41, 5.74) is 6.31. The van der Waals surface area contributed by atoms with Crippen LogP contribution in [0.1, 0.15) is 6.42 Å². The predicted octanol–water partition coefficient (Wildman–Crippen LogP) is 1.24. The van der Waals surface area contributed by atoms with Gasteiger partial charge in [0.2, 0.25) is 5.91 Å². The van der Waals surface area contributed by atoms with Crippen molar-refractivity contribution in [3.05, 3.63) is 24.3 Å². The average molecular weight is 264 g/mol. The molecule has 1 saturated heterocycles. The fourth-order valence-corrected chi connectivity index (χ4v) is 3.39. The Hall–Kier alpha value is -1.04. The van der Waals surface area contributed by atoms with Crippen molar-refractivity contribution in [1.82, 2.24) is 0 Å². The lowest BCUT2D eigenvalue weighted by Gasteiger charge is -2.34. The molecule has 1 atom stereocenters. The molecule has 2 aliphatic heterocycles. The summed E-state index contributed by atoms with van der Waals surface area (Å²) in [6, 6.07) is 7.99. The van der Waals surface area contributed by atoms with Crippen molar-refractivity contribution in [3.8, 4) is 0 Å². The van der Waals surface area contributed by atoms with Gasteiger partial charge in [-0.1, -0.05) is 12.1 Å². The molecule has 0 spiro atoms. The van der Waals surface area contributed by atoms with Crippen molar-refractivity contribution in [2.24, 2.45) is 5.73 Å². The molecule has 2 N–H and O–H groups in total. The molecule has 0 aliphatic carbocycles. The zero-order chi connectivity index (χ0) is 12.6. The average Bonchev–Trinajstić information content (AvgIpc) is 2.85. The fraction of sp³-hybridized carbons (Fsp3) is 0.462. The summed E-state index contributed by atoms with van der Waals surface area (Å²) < 4.78 is 5.28. The van der Waals surface area contributed by atoms with Crippen LogP contribution in [0.3, 0.4) is 0 Å². The maximum Gasteiger partial charge on any atom is 0.249 e. The first kappa shape index (κ1) is 12.0. The Morgan fingerprint density at radius 3 is 3.06 bits per heavy atom. The minimum Gasteiger partial charge on any atom is -0.379 e. The number of hydrogen-bond acceptors (Lipinski definition) is 4. The van der Waals surface area contributed by atoms with Crippen LogP contribution < -0.4 is 10.6 Å². The van der Waals surface area contributed by atoms with E-state index in [2.05, 4.69) is 0 Å². The highest BCUT2D eigenvalue weighted by molar-refractivity contribution is 7.99. The van der Waals surface area contributed by atoms with Crippen molar-refractivity contribution in [2.45, 2.75) is 16.9 Å². The summed E-state index contributed by atoms with van der Waals surface area (Å²) in [5.74, 6) is 0.910. The molecule has 3 rings (SSSR count). The highest BCUT2D eigenvalue weighted by Gasteiger charge is 2.42. The number of thioether (sulfide) groups is 1. The number of hydrogen-bond donors (Lipinski definition) is 1. The van der Waals surface area contributed by atoms with E-state index >= 15 is 0 Å². The van der Waals surface area contributed by atoms with Gasteiger partial charge in [-0.25, -0.2) is 0 Å². The molecular weight excluding hydrogens is 248 g/mol. The van der Waals surface area contributed by atoms with Gasteiger partial charge in [-0.15, -0.1) is 11.8 Å². The van der Waals surface area contributed by atoms with Gasteiger partial charge < -0.3 is 15.4 Å². The minimum absolute atomic E-state index is 0.00671. The maximum atomic E-state index is 12.6. The normalized spacial score (nSPS) is 27.1. The van der Waals surface area contributed by atoms with E-state index in [0.29, 0.717) is 19.6 Å². The van der Waals surface area contributed by atoms with Crippen molar-refractivity contribution in [2.75, 3.05) is 30.4 Å². The monoisotopic (exact) mass is 264 g/mol. The number of nitrogens with zero attached hydrogens (tertiary/aromatic N) is 1. The third-order valence-corrected chi connectivity index (χ3v) is 4.49. The molecular formula is C13H16N2O2S. The SMILES string of the molecule is NC1(C(=O)N2CCSc3ccccc32)CCOC1. The number of amides is 1. The number of carbonyl (C=O) groups is 1. The first-order valence-corrected chi connectivity index (χ1v) is 7.10. The van der Waals surface area contributed by atoms with Crippen LogP contribution in [-0.4, -0.2) is 37.0 Å². The summed E-state index contributed by atoms with van der Waals surface area (Å²) in [6.45, 7) is 1.63. The highest BCUT2D eigenvalue weighted by Crippen LogP contribution is 2.36. The van der Waals surface area contributed by atoms with Gasteiger partial charge in [-0.3, -0.25) is 4.79 Å². The third-order valence-electron chi connectivity index (χ3n) is 3.45. The van der Waals surface area contributed by atoms with Gasteiger partial charge >= 0.3 is 0 Å². The van der Waals surface area contributed by atoms with E-state index in [-0.39, 0.29) is 5.91 Å². The van der Waals surface area contributed by atoms with Crippen LogP contribution in [0.25, 0.3) is 0 Å². The summed E-state index contributed by atoms with van der Waals surface area (Å²) in [6.07, 6.45) is 0.609. The standard InChI is InChI=1S/C13H16N2O2S/c14-13(5-7-17-9-13)12(16)15-6-8-18-11-4-2-1-3-10(11)15/h1-4H,5-9,14H2. The number of nitrogens with two attached hydrogens (primary N) is 1. The van der Waals surface area contributed by atoms with E-state index in [1.54, 1.807) is 11.8 Å². The molecule has 5 heteroatoms. The van der Waals surface area contributed by atoms with Crippen LogP contribution in [0.15, 0.2) is 29.2 Å². The topological polar surface area (TPSA) is 55.6 Å². The molecule has 0 bridgehead atoms. The van der Waals surface area contributed by atoms with Crippen LogP contribution in [-0.2, 0) is 9.53 Å². The first-order chi connectivity index (χ1) is 8.71. The molecule has 1 amide bonds. The van der Waals surface area contributed by atoms with Crippen LogP contribution in [0.2, 0.25) is 0 Å². The van der Waals surface area contributed by atoms with Crippen molar-refractivity contribution >= 4 is 23.4 Å². The number of anilines is 1. The number of fused-ring (bicyclic) bond motifs is 1. The van der Waals surface area contributed by atoms with Crippen molar-refractivity contribution in [1.29, 1.82) is 0 Å². The smallest absolute Gasteiger partial charge is 0.249 e. The number of rotatable bonds is 1. The zero-order valence-corrected chi connectivity index (χ0v) is 10.9. The lowest BCUT2D eigenvalue weighted by Crippen LogP contribution is -2.57. The van der Waals surface area contributed by atoms with Gasteiger partial charge in [0.25, 0.3) is 0 Å². The van der Waals surface area contributed by atoms with E-state index in [1.807, 2.05) is 29.2 Å². The lowest BCUT2D eigenvalue weighted by molar-refractivity contribution is -0.123. The van der Waals surface area contributed by atoms with Crippen LogP contribution in [0, 0.1) is 0 Å². The van der Waals surface area contributed by atoms with Gasteiger partial charge in [-0.05, 0) is 18.6 Å². The van der Waals surface area contributed by atoms with Gasteiger partial charge in [0.05, 0.1) is 12.3 Å². The van der Waals surface area contributed by atoms with Crippen LogP contribution in [0.4, 0.5) is 5.69 Å². The Labute approximate surface area is 110 Å². The summed E-state index contributed by atoms with van der Waals surface area (Å²) in [7, 11) is 0. The third kappa shape index (κ3) is 1.92. The molecule has 96 valence electrons. The molecule has 2 aliphatic rings. The number of ether oxygens (including phenoxy) is 1. The maximum absolute atomic E-state index is 12.6. The molecule has 1 aromatic rings. The summed E-state index contributed by atoms with van der Waals surface area (Å²) >= 11 is 1.79. The molecule has 18 heavy (non-hydrogen) atoms. The van der Waals surface area contributed by atoms with Crippen molar-refractivity contribution < 1.29 is 9.53 Å². The molecule has 2 heterocycles. The number of para-hydroxylation sites is 1. The van der Waals surface area contributed by atoms with Crippen molar-refractivity contribution in [3.63, 3.8) is 0 Å². The Bertz CT molecular complexity index is 472. The summed E-state index contributed by atoms with van der Waals surface area (Å²) in [5, 5.41) is 0. The van der Waals surface area contributed by atoms with Gasteiger partial charge in [0.1, 0.15) is 5.54 Å². The molecule has 0 aromatic heterocycles. The quantitative estimate of drug-likeness (QED) is 0.829. The van der Waals surface area contributed by atoms with E-state index in [0.717, 1.165) is 22.9 Å². The van der Waals surface area contributed by atoms with Gasteiger partial charge in [0, 0.05) is 23.8 Å². The lowest BCUT2D eigenvalue weighted by atomic mass is 9.98. The molecule has 1 aromatic carbocycles. The predicted molar refractivity (Wildman–Crippen MR) is 71.9 cm³/mol. The van der Waals surface area contributed by atoms with E-state index < -0.39 is 5.54 Å². The van der Waals surface area contributed by atoms with E-state index in [9.17, 15) is 4.79 Å². The Balaban J connectivity index is 1.92. The second-order valence-electron chi connectivity index (χ2n) is 4.73. The van der Waals surface area contributed by atoms with Gasteiger partial charge in [-0.2, -0.15) is 0 Å². The Morgan fingerprint density at radius 2 is 2.28 bits per heavy atom. The fourth-order valence-electron chi connectivity index (χ4n) is 2.40. The second-order valence-corrected chi connectivity index (χ2v) is 5.87. The van der Waals surface area contributed by atoms with Crippen LogP contribution >= 0.6 is 11.8 Å². The van der Waals surface area contributed by atoms with E-state index in [1.165, 1.54) is 0 Å². The highest BCUT2D eigenvalue weighted by atomic mass is 32.2. The minimum atomic E-state index is -0.838. The van der Waals surface area contributed by atoms with E-state index in [4.69, 9.17) is 10.5 Å². The number of carbonyl (C=O) groups excluding carboxylic acids is 1. The molecule has 1 unspecified atom stereocenters. The van der Waals surface area contributed by atoms with Gasteiger partial charge in [0.15, 0.2) is 0 Å². The molecule has 0 radical (unpaired) electrons. The largest absolute Gasteiger partial charge is 0.379 e. The Kier molecular flexibility index (Phi) is 3.05. The van der Waals surface area contributed by atoms with Crippen LogP contribution in [0.5, 0.6) is 0 Å². The molecule has 4 nitrogen and oxygen atoms in total. The number of benzene rings is 1. The molecule has 0 saturated carbocycles.